The smallest absolute Gasteiger partial charge is 0.283 e. The van der Waals surface area contributed by atoms with Crippen LogP contribution in [0.4, 0.5) is 5.69 Å². The number of amides is 1. The van der Waals surface area contributed by atoms with Gasteiger partial charge < -0.3 is 5.32 Å². The monoisotopic (exact) mass is 281 g/mol. The molecule has 7 heteroatoms. The molecule has 0 saturated heterocycles. The number of nitrogens with zero attached hydrogens (tertiary/aromatic N) is 2. The summed E-state index contributed by atoms with van der Waals surface area (Å²) < 4.78 is 0. The number of carbonyl (C=O) groups excluding carboxylic acids is 1. The van der Waals surface area contributed by atoms with E-state index in [0.717, 1.165) is 0 Å². The summed E-state index contributed by atoms with van der Waals surface area (Å²) in [7, 11) is 0. The number of nitrogens with one attached hydrogen (secondary N) is 1. The van der Waals surface area contributed by atoms with Gasteiger partial charge in [0.05, 0.1) is 16.0 Å². The number of benzene rings is 1. The Kier molecular flexibility index (Phi) is 5.27. The van der Waals surface area contributed by atoms with E-state index in [1.807, 2.05) is 13.0 Å². The predicted octanol–water partition coefficient (Wildman–Crippen LogP) is 2.67. The molecule has 0 fully saturated rings. The summed E-state index contributed by atoms with van der Waals surface area (Å²) in [5.74, 6) is -0.711. The Hall–Kier alpha value is -2.13. The largest absolute Gasteiger partial charge is 0.336 e. The molecule has 1 amide bonds. The van der Waals surface area contributed by atoms with Gasteiger partial charge in [0.25, 0.3) is 11.6 Å². The molecule has 0 radical (unpaired) electrons. The normalized spacial score (nSPS) is 11.4. The van der Waals surface area contributed by atoms with E-state index in [1.165, 1.54) is 18.2 Å². The minimum Gasteiger partial charge on any atom is -0.336 e. The number of halogens is 1. The van der Waals surface area contributed by atoms with Gasteiger partial charge in [0.1, 0.15) is 11.6 Å². The Morgan fingerprint density at radius 2 is 2.32 bits per heavy atom. The van der Waals surface area contributed by atoms with E-state index in [9.17, 15) is 14.9 Å². The summed E-state index contributed by atoms with van der Waals surface area (Å²) >= 11 is 5.82. The Morgan fingerprint density at radius 1 is 1.63 bits per heavy atom. The minimum atomic E-state index is -0.711. The molecule has 1 atom stereocenters. The maximum atomic E-state index is 12.0. The van der Waals surface area contributed by atoms with Crippen LogP contribution in [0.25, 0.3) is 0 Å². The van der Waals surface area contributed by atoms with Crippen LogP contribution in [-0.2, 0) is 0 Å². The van der Waals surface area contributed by atoms with Crippen molar-refractivity contribution in [3.05, 3.63) is 38.9 Å². The number of nitriles is 1. The number of rotatable bonds is 5. The van der Waals surface area contributed by atoms with Crippen molar-refractivity contribution in [1.29, 1.82) is 5.26 Å². The molecule has 0 aliphatic carbocycles. The van der Waals surface area contributed by atoms with Crippen LogP contribution in [0, 0.1) is 21.4 Å². The average Bonchev–Trinajstić information content (AvgIpc) is 2.37. The zero-order chi connectivity index (χ0) is 14.4. The molecule has 1 aromatic rings. The van der Waals surface area contributed by atoms with Crippen molar-refractivity contribution >= 4 is 23.2 Å². The Labute approximate surface area is 115 Å². The first-order valence-electron chi connectivity index (χ1n) is 5.64. The quantitative estimate of drug-likeness (QED) is 0.663. The number of nitro groups is 1. The first-order valence-corrected chi connectivity index (χ1v) is 6.02. The summed E-state index contributed by atoms with van der Waals surface area (Å²) in [6.07, 6.45) is 1.18. The third-order valence-corrected chi connectivity index (χ3v) is 2.77. The van der Waals surface area contributed by atoms with Gasteiger partial charge >= 0.3 is 0 Å². The second-order valence-corrected chi connectivity index (χ2v) is 4.24. The zero-order valence-corrected chi connectivity index (χ0v) is 11.0. The topological polar surface area (TPSA) is 96.0 Å². The molecule has 19 heavy (non-hydrogen) atoms. The van der Waals surface area contributed by atoms with Crippen LogP contribution in [0.15, 0.2) is 18.2 Å². The molecule has 6 nitrogen and oxygen atoms in total. The van der Waals surface area contributed by atoms with E-state index in [-0.39, 0.29) is 16.3 Å². The highest BCUT2D eigenvalue weighted by Crippen LogP contribution is 2.26. The molecule has 1 unspecified atom stereocenters. The van der Waals surface area contributed by atoms with Gasteiger partial charge in [0, 0.05) is 6.07 Å². The summed E-state index contributed by atoms with van der Waals surface area (Å²) in [5, 5.41) is 22.1. The highest BCUT2D eigenvalue weighted by molar-refractivity contribution is 6.34. The van der Waals surface area contributed by atoms with Gasteiger partial charge in [-0.2, -0.15) is 5.26 Å². The lowest BCUT2D eigenvalue weighted by molar-refractivity contribution is -0.385. The molecule has 0 aliphatic heterocycles. The molecule has 0 saturated carbocycles. The fourth-order valence-electron chi connectivity index (χ4n) is 1.58. The standard InChI is InChI=1S/C12H12ClN3O3/c1-2-4-8(7-14)15-12(17)11-9(13)5-3-6-10(11)16(18)19/h3,5-6,8H,2,4H2,1H3,(H,15,17). The molecular weight excluding hydrogens is 270 g/mol. The van der Waals surface area contributed by atoms with Crippen molar-refractivity contribution < 1.29 is 9.72 Å². The number of nitro benzene ring substituents is 1. The zero-order valence-electron chi connectivity index (χ0n) is 10.2. The lowest BCUT2D eigenvalue weighted by atomic mass is 10.1. The highest BCUT2D eigenvalue weighted by Gasteiger charge is 2.24. The maximum Gasteiger partial charge on any atom is 0.283 e. The minimum absolute atomic E-state index is 0.0140. The molecule has 0 bridgehead atoms. The summed E-state index contributed by atoms with van der Waals surface area (Å²) in [6, 6.07) is 5.22. The average molecular weight is 282 g/mol. The highest BCUT2D eigenvalue weighted by atomic mass is 35.5. The van der Waals surface area contributed by atoms with Gasteiger partial charge in [0.2, 0.25) is 0 Å². The Morgan fingerprint density at radius 3 is 2.84 bits per heavy atom. The van der Waals surface area contributed by atoms with Gasteiger partial charge in [-0.05, 0) is 12.5 Å². The maximum absolute atomic E-state index is 12.0. The van der Waals surface area contributed by atoms with Crippen molar-refractivity contribution in [2.75, 3.05) is 0 Å². The molecule has 0 aliphatic rings. The first-order chi connectivity index (χ1) is 9.01. The Balaban J connectivity index is 3.06. The molecule has 1 N–H and O–H groups in total. The number of hydrogen-bond donors (Lipinski definition) is 1. The van der Waals surface area contributed by atoms with Gasteiger partial charge in [0.15, 0.2) is 0 Å². The molecular formula is C12H12ClN3O3. The third-order valence-electron chi connectivity index (χ3n) is 2.45. The van der Waals surface area contributed by atoms with Crippen LogP contribution in [0.1, 0.15) is 30.1 Å². The van der Waals surface area contributed by atoms with Gasteiger partial charge in [-0.15, -0.1) is 0 Å². The van der Waals surface area contributed by atoms with E-state index in [1.54, 1.807) is 0 Å². The summed E-state index contributed by atoms with van der Waals surface area (Å²) in [5.41, 5.74) is -0.594. The molecule has 100 valence electrons. The van der Waals surface area contributed by atoms with Crippen molar-refractivity contribution in [2.45, 2.75) is 25.8 Å². The lowest BCUT2D eigenvalue weighted by Gasteiger charge is -2.11. The van der Waals surface area contributed by atoms with Crippen molar-refractivity contribution in [2.24, 2.45) is 0 Å². The lowest BCUT2D eigenvalue weighted by Crippen LogP contribution is -2.34. The predicted molar refractivity (Wildman–Crippen MR) is 69.9 cm³/mol. The Bertz CT molecular complexity index is 540. The van der Waals surface area contributed by atoms with Crippen molar-refractivity contribution in [1.82, 2.24) is 5.32 Å². The van der Waals surface area contributed by atoms with Gasteiger partial charge in [-0.3, -0.25) is 14.9 Å². The van der Waals surface area contributed by atoms with E-state index in [0.29, 0.717) is 12.8 Å². The van der Waals surface area contributed by atoms with Gasteiger partial charge in [-0.1, -0.05) is 31.0 Å². The molecule has 1 rings (SSSR count). The number of carbonyl (C=O) groups is 1. The van der Waals surface area contributed by atoms with Crippen LogP contribution in [0.2, 0.25) is 5.02 Å². The SMILES string of the molecule is CCCC(C#N)NC(=O)c1c(Cl)cccc1[N+](=O)[O-]. The van der Waals surface area contributed by atoms with Gasteiger partial charge in [-0.25, -0.2) is 0 Å². The molecule has 0 heterocycles. The van der Waals surface area contributed by atoms with Crippen LogP contribution >= 0.6 is 11.6 Å². The van der Waals surface area contributed by atoms with E-state index >= 15 is 0 Å². The van der Waals surface area contributed by atoms with Crippen LogP contribution in [-0.4, -0.2) is 16.9 Å². The van der Waals surface area contributed by atoms with E-state index in [2.05, 4.69) is 5.32 Å². The van der Waals surface area contributed by atoms with Crippen molar-refractivity contribution in [3.8, 4) is 6.07 Å². The van der Waals surface area contributed by atoms with Crippen LogP contribution in [0.3, 0.4) is 0 Å². The molecule has 0 aromatic heterocycles. The second-order valence-electron chi connectivity index (χ2n) is 3.83. The van der Waals surface area contributed by atoms with E-state index in [4.69, 9.17) is 16.9 Å². The van der Waals surface area contributed by atoms with Crippen LogP contribution < -0.4 is 5.32 Å². The summed E-state index contributed by atoms with van der Waals surface area (Å²) in [6.45, 7) is 1.87. The first kappa shape index (κ1) is 14.9. The van der Waals surface area contributed by atoms with E-state index < -0.39 is 16.9 Å². The second kappa shape index (κ2) is 6.71. The van der Waals surface area contributed by atoms with Crippen molar-refractivity contribution in [3.63, 3.8) is 0 Å². The molecule has 0 spiro atoms. The van der Waals surface area contributed by atoms with Crippen LogP contribution in [0.5, 0.6) is 0 Å². The summed E-state index contributed by atoms with van der Waals surface area (Å²) in [4.78, 5) is 22.2. The third kappa shape index (κ3) is 3.66. The fourth-order valence-corrected chi connectivity index (χ4v) is 1.83. The number of hydrogen-bond acceptors (Lipinski definition) is 4. The fraction of sp³-hybridized carbons (Fsp3) is 0.333. The molecule has 1 aromatic carbocycles.